The summed E-state index contributed by atoms with van der Waals surface area (Å²) in [5.41, 5.74) is 5.11. The third-order valence-corrected chi connectivity index (χ3v) is 13.7. The van der Waals surface area contributed by atoms with Crippen molar-refractivity contribution in [2.75, 3.05) is 0 Å². The van der Waals surface area contributed by atoms with Gasteiger partial charge in [-0.1, -0.05) is 109 Å². The van der Waals surface area contributed by atoms with Gasteiger partial charge in [0.15, 0.2) is 0 Å². The summed E-state index contributed by atoms with van der Waals surface area (Å²) >= 11 is 7.54. The molecule has 0 nitrogen and oxygen atoms in total. The quantitative estimate of drug-likeness (QED) is 0.177. The molecule has 0 aliphatic rings. The van der Waals surface area contributed by atoms with Crippen molar-refractivity contribution in [1.29, 1.82) is 0 Å². The number of benzene rings is 6. The van der Waals surface area contributed by atoms with Crippen LogP contribution in [0.15, 0.2) is 146 Å². The molecule has 10 aromatic rings. The van der Waals surface area contributed by atoms with Crippen molar-refractivity contribution >= 4 is 96.5 Å². The molecule has 10 rings (SSSR count). The molecule has 0 spiro atoms. The van der Waals surface area contributed by atoms with E-state index in [1.807, 2.05) is 45.3 Å². The second kappa shape index (κ2) is 10.5. The van der Waals surface area contributed by atoms with Gasteiger partial charge in [0.25, 0.3) is 0 Å². The van der Waals surface area contributed by atoms with E-state index >= 15 is 0 Å². The molecule has 0 amide bonds. The van der Waals surface area contributed by atoms with Crippen LogP contribution in [0.25, 0.3) is 92.9 Å². The van der Waals surface area contributed by atoms with E-state index in [0.29, 0.717) is 0 Å². The number of rotatable bonds is 4. The molecule has 216 valence electrons. The molecule has 4 heteroatoms. The molecule has 46 heavy (non-hydrogen) atoms. The molecule has 0 saturated carbocycles. The zero-order chi connectivity index (χ0) is 30.2. The highest BCUT2D eigenvalue weighted by Crippen LogP contribution is 2.44. The Bertz CT molecular complexity index is 2470. The molecule has 4 heterocycles. The molecule has 0 unspecified atom stereocenters. The lowest BCUT2D eigenvalue weighted by molar-refractivity contribution is 1.69. The molecule has 0 radical (unpaired) electrons. The first kappa shape index (κ1) is 26.6. The predicted octanol–water partition coefficient (Wildman–Crippen LogP) is 14.4. The molecule has 0 bridgehead atoms. The lowest BCUT2D eigenvalue weighted by atomic mass is 10.0. The van der Waals surface area contributed by atoms with Crippen LogP contribution in [0.3, 0.4) is 0 Å². The molecule has 0 fully saturated rings. The summed E-state index contributed by atoms with van der Waals surface area (Å²) < 4.78 is 5.41. The topological polar surface area (TPSA) is 0 Å². The lowest BCUT2D eigenvalue weighted by Crippen LogP contribution is -1.74. The summed E-state index contributed by atoms with van der Waals surface area (Å²) in [7, 11) is 0. The van der Waals surface area contributed by atoms with Crippen molar-refractivity contribution in [3.05, 3.63) is 146 Å². The van der Waals surface area contributed by atoms with Gasteiger partial charge >= 0.3 is 0 Å². The second-order valence-electron chi connectivity index (χ2n) is 11.7. The van der Waals surface area contributed by atoms with Gasteiger partial charge in [-0.05, 0) is 80.2 Å². The van der Waals surface area contributed by atoms with Crippen molar-refractivity contribution in [3.8, 4) is 41.8 Å². The largest absolute Gasteiger partial charge is 0.135 e. The standard InChI is InChI=1S/C42H24S4/c1-3-7-35-29(5-1)21-37(43-35)25-9-13-27(14-10-25)39-23-31-17-19-34-33(41(31)45-39)20-18-32-24-40(46-42(32)34)28-15-11-26(12-16-28)38-22-30-6-2-4-8-36(30)44-38/h1-24H. The maximum absolute atomic E-state index is 2.36. The Balaban J connectivity index is 0.982. The van der Waals surface area contributed by atoms with E-state index in [9.17, 15) is 0 Å². The van der Waals surface area contributed by atoms with Gasteiger partial charge in [-0.15, -0.1) is 45.3 Å². The van der Waals surface area contributed by atoms with Crippen molar-refractivity contribution in [1.82, 2.24) is 0 Å². The summed E-state index contributed by atoms with van der Waals surface area (Å²) in [6.45, 7) is 0. The first-order valence-corrected chi connectivity index (χ1v) is 18.6. The van der Waals surface area contributed by atoms with Gasteiger partial charge in [0.05, 0.1) is 0 Å². The third-order valence-electron chi connectivity index (χ3n) is 8.92. The smallest absolute Gasteiger partial charge is 0.0428 e. The van der Waals surface area contributed by atoms with Crippen molar-refractivity contribution in [2.45, 2.75) is 0 Å². The zero-order valence-corrected chi connectivity index (χ0v) is 27.8. The molecule has 0 saturated heterocycles. The Labute approximate surface area is 282 Å². The predicted molar refractivity (Wildman–Crippen MR) is 207 cm³/mol. The summed E-state index contributed by atoms with van der Waals surface area (Å²) in [6.07, 6.45) is 0. The maximum Gasteiger partial charge on any atom is 0.0428 e. The number of hydrogen-bond donors (Lipinski definition) is 0. The van der Waals surface area contributed by atoms with E-state index in [1.165, 1.54) is 92.9 Å². The van der Waals surface area contributed by atoms with Crippen LogP contribution >= 0.6 is 45.3 Å². The fourth-order valence-corrected chi connectivity index (χ4v) is 11.1. The van der Waals surface area contributed by atoms with Crippen molar-refractivity contribution in [3.63, 3.8) is 0 Å². The summed E-state index contributed by atoms with van der Waals surface area (Å²) in [5, 5.41) is 7.95. The second-order valence-corrected chi connectivity index (χ2v) is 16.0. The van der Waals surface area contributed by atoms with E-state index in [0.717, 1.165) is 0 Å². The van der Waals surface area contributed by atoms with E-state index in [2.05, 4.69) is 146 Å². The summed E-state index contributed by atoms with van der Waals surface area (Å²) in [4.78, 5) is 5.27. The van der Waals surface area contributed by atoms with Gasteiger partial charge in [0, 0.05) is 49.1 Å². The monoisotopic (exact) mass is 656 g/mol. The minimum absolute atomic E-state index is 1.28. The number of hydrogen-bond acceptors (Lipinski definition) is 4. The van der Waals surface area contributed by atoms with Crippen LogP contribution in [-0.2, 0) is 0 Å². The fourth-order valence-electron chi connectivity index (χ4n) is 6.53. The van der Waals surface area contributed by atoms with Gasteiger partial charge in [0.1, 0.15) is 0 Å². The lowest BCUT2D eigenvalue weighted by Gasteiger charge is -2.01. The van der Waals surface area contributed by atoms with E-state index < -0.39 is 0 Å². The van der Waals surface area contributed by atoms with Crippen LogP contribution < -0.4 is 0 Å². The first-order valence-electron chi connectivity index (χ1n) is 15.3. The molecule has 0 aliphatic carbocycles. The molecule has 6 aromatic carbocycles. The molecule has 0 aliphatic heterocycles. The SMILES string of the molecule is c1ccc2sc(-c3ccc(-c4cc5ccc6c(ccc7cc(-c8ccc(-c9cc%10ccccc%10s9)cc8)sc76)c5s4)cc3)cc2c1. The average molecular weight is 657 g/mol. The molecule has 0 atom stereocenters. The summed E-state index contributed by atoms with van der Waals surface area (Å²) in [6, 6.07) is 54.1. The van der Waals surface area contributed by atoms with Gasteiger partial charge in [-0.3, -0.25) is 0 Å². The van der Waals surface area contributed by atoms with Crippen LogP contribution in [0.4, 0.5) is 0 Å². The van der Waals surface area contributed by atoms with Crippen LogP contribution in [0.1, 0.15) is 0 Å². The van der Waals surface area contributed by atoms with E-state index in [-0.39, 0.29) is 0 Å². The Morgan fingerprint density at radius 2 is 0.630 bits per heavy atom. The minimum Gasteiger partial charge on any atom is -0.135 e. The highest BCUT2D eigenvalue weighted by Gasteiger charge is 2.14. The molecular formula is C42H24S4. The Kier molecular flexibility index (Phi) is 6.06. The van der Waals surface area contributed by atoms with E-state index in [4.69, 9.17) is 0 Å². The number of fused-ring (bicyclic) bond motifs is 7. The van der Waals surface area contributed by atoms with Crippen LogP contribution in [0, 0.1) is 0 Å². The van der Waals surface area contributed by atoms with Crippen molar-refractivity contribution in [2.24, 2.45) is 0 Å². The molecular weight excluding hydrogens is 633 g/mol. The fraction of sp³-hybridized carbons (Fsp3) is 0. The normalized spacial score (nSPS) is 11.9. The van der Waals surface area contributed by atoms with Crippen LogP contribution in [0.2, 0.25) is 0 Å². The van der Waals surface area contributed by atoms with Crippen LogP contribution in [0.5, 0.6) is 0 Å². The van der Waals surface area contributed by atoms with Gasteiger partial charge < -0.3 is 0 Å². The zero-order valence-electron chi connectivity index (χ0n) is 24.5. The molecule has 0 N–H and O–H groups in total. The highest BCUT2D eigenvalue weighted by atomic mass is 32.1. The Morgan fingerprint density at radius 1 is 0.283 bits per heavy atom. The van der Waals surface area contributed by atoms with E-state index in [1.54, 1.807) is 0 Å². The minimum atomic E-state index is 1.28. The first-order chi connectivity index (χ1) is 22.7. The summed E-state index contributed by atoms with van der Waals surface area (Å²) in [5.74, 6) is 0. The third kappa shape index (κ3) is 4.37. The van der Waals surface area contributed by atoms with Gasteiger partial charge in [-0.25, -0.2) is 0 Å². The Morgan fingerprint density at radius 3 is 1.02 bits per heavy atom. The Hall–Kier alpha value is -4.58. The molecule has 4 aromatic heterocycles. The van der Waals surface area contributed by atoms with Crippen molar-refractivity contribution < 1.29 is 0 Å². The average Bonchev–Trinajstić information content (AvgIpc) is 3.91. The van der Waals surface area contributed by atoms with Gasteiger partial charge in [-0.2, -0.15) is 0 Å². The maximum atomic E-state index is 2.36. The van der Waals surface area contributed by atoms with Crippen LogP contribution in [-0.4, -0.2) is 0 Å². The number of thiophene rings is 4. The van der Waals surface area contributed by atoms with Gasteiger partial charge in [0.2, 0.25) is 0 Å². The highest BCUT2D eigenvalue weighted by molar-refractivity contribution is 7.24.